The predicted molar refractivity (Wildman–Crippen MR) is 86.9 cm³/mol. The first kappa shape index (κ1) is 19.2. The first-order chi connectivity index (χ1) is 10.5. The molecule has 0 saturated heterocycles. The van der Waals surface area contributed by atoms with E-state index >= 15 is 0 Å². The smallest absolute Gasteiger partial charge is 0.350 e. The molecule has 0 amide bonds. The molecule has 128 valence electrons. The minimum Gasteiger partial charge on any atom is -0.479 e. The maximum Gasteiger partial charge on any atom is 0.350 e. The lowest BCUT2D eigenvalue weighted by atomic mass is 9.80. The molecule has 0 aliphatic heterocycles. The average molecular weight is 322 g/mol. The van der Waals surface area contributed by atoms with Crippen LogP contribution in [0.1, 0.15) is 40.2 Å². The minimum atomic E-state index is -2.55. The van der Waals surface area contributed by atoms with E-state index in [0.717, 1.165) is 5.56 Å². The molecule has 2 atom stereocenters. The molecule has 0 aromatic heterocycles. The van der Waals surface area contributed by atoms with Crippen molar-refractivity contribution in [1.82, 2.24) is 0 Å². The summed E-state index contributed by atoms with van der Waals surface area (Å²) in [5, 5.41) is 19.8. The molecule has 5 heteroatoms. The van der Waals surface area contributed by atoms with Gasteiger partial charge < -0.3 is 14.9 Å². The summed E-state index contributed by atoms with van der Waals surface area (Å²) < 4.78 is 5.37. The lowest BCUT2D eigenvalue weighted by molar-refractivity contribution is -0.196. The summed E-state index contributed by atoms with van der Waals surface area (Å²) in [5.41, 5.74) is -2.53. The number of carbonyl (C=O) groups excluding carboxylic acids is 1. The van der Waals surface area contributed by atoms with Crippen LogP contribution in [0.5, 0.6) is 0 Å². The zero-order valence-corrected chi connectivity index (χ0v) is 14.4. The SMILES string of the molecule is CC(C)C(C)[C@](O)(C(=O)O)C(=O)OC(C)(C)Cc1ccccc1. The number of carboxylic acid groups (broad SMARTS) is 1. The van der Waals surface area contributed by atoms with Crippen LogP contribution in [-0.4, -0.2) is 33.4 Å². The van der Waals surface area contributed by atoms with E-state index in [9.17, 15) is 19.8 Å². The topological polar surface area (TPSA) is 83.8 Å². The normalized spacial score (nSPS) is 15.8. The highest BCUT2D eigenvalue weighted by Gasteiger charge is 2.53. The molecule has 0 fully saturated rings. The molecule has 1 rings (SSSR count). The Hall–Kier alpha value is -1.88. The van der Waals surface area contributed by atoms with Gasteiger partial charge in [0.15, 0.2) is 0 Å². The van der Waals surface area contributed by atoms with E-state index in [0.29, 0.717) is 6.42 Å². The lowest BCUT2D eigenvalue weighted by Gasteiger charge is -2.34. The van der Waals surface area contributed by atoms with Crippen LogP contribution in [0.2, 0.25) is 0 Å². The summed E-state index contributed by atoms with van der Waals surface area (Å²) in [4.78, 5) is 23.9. The van der Waals surface area contributed by atoms with Crippen molar-refractivity contribution < 1.29 is 24.5 Å². The van der Waals surface area contributed by atoms with Gasteiger partial charge in [-0.05, 0) is 25.3 Å². The largest absolute Gasteiger partial charge is 0.479 e. The number of hydrogen-bond acceptors (Lipinski definition) is 4. The van der Waals surface area contributed by atoms with Crippen molar-refractivity contribution in [2.45, 2.75) is 52.2 Å². The summed E-state index contributed by atoms with van der Waals surface area (Å²) in [6.45, 7) is 8.42. The van der Waals surface area contributed by atoms with Crippen molar-refractivity contribution in [2.75, 3.05) is 0 Å². The number of esters is 1. The van der Waals surface area contributed by atoms with Gasteiger partial charge in [-0.1, -0.05) is 51.1 Å². The number of ether oxygens (including phenoxy) is 1. The van der Waals surface area contributed by atoms with Crippen molar-refractivity contribution in [2.24, 2.45) is 11.8 Å². The van der Waals surface area contributed by atoms with E-state index in [1.165, 1.54) is 6.92 Å². The maximum absolute atomic E-state index is 12.4. The summed E-state index contributed by atoms with van der Waals surface area (Å²) >= 11 is 0. The highest BCUT2D eigenvalue weighted by Crippen LogP contribution is 2.29. The van der Waals surface area contributed by atoms with E-state index in [-0.39, 0.29) is 5.92 Å². The van der Waals surface area contributed by atoms with Crippen molar-refractivity contribution in [3.63, 3.8) is 0 Å². The van der Waals surface area contributed by atoms with E-state index in [4.69, 9.17) is 4.74 Å². The lowest BCUT2D eigenvalue weighted by Crippen LogP contribution is -2.56. The van der Waals surface area contributed by atoms with Crippen LogP contribution in [-0.2, 0) is 20.7 Å². The van der Waals surface area contributed by atoms with Crippen molar-refractivity contribution in [1.29, 1.82) is 0 Å². The number of aliphatic carboxylic acids is 1. The van der Waals surface area contributed by atoms with Crippen LogP contribution >= 0.6 is 0 Å². The summed E-state index contributed by atoms with van der Waals surface area (Å²) in [6.07, 6.45) is 0.422. The molecule has 5 nitrogen and oxygen atoms in total. The van der Waals surface area contributed by atoms with Crippen LogP contribution in [0.25, 0.3) is 0 Å². The van der Waals surface area contributed by atoms with Crippen molar-refractivity contribution in [3.05, 3.63) is 35.9 Å². The molecule has 2 N–H and O–H groups in total. The first-order valence-corrected chi connectivity index (χ1v) is 7.74. The molecule has 0 radical (unpaired) electrons. The summed E-state index contributed by atoms with van der Waals surface area (Å²) in [6, 6.07) is 9.44. The zero-order valence-electron chi connectivity index (χ0n) is 14.4. The molecule has 1 unspecified atom stereocenters. The zero-order chi connectivity index (χ0) is 17.8. The molecule has 0 aliphatic carbocycles. The highest BCUT2D eigenvalue weighted by molar-refractivity contribution is 6.03. The van der Waals surface area contributed by atoms with Gasteiger partial charge in [0.25, 0.3) is 5.60 Å². The molecule has 0 saturated carbocycles. The van der Waals surface area contributed by atoms with E-state index in [1.54, 1.807) is 27.7 Å². The third-order valence-corrected chi connectivity index (χ3v) is 4.14. The van der Waals surface area contributed by atoms with Crippen LogP contribution in [0.15, 0.2) is 30.3 Å². The Morgan fingerprint density at radius 3 is 2.09 bits per heavy atom. The number of carbonyl (C=O) groups is 2. The van der Waals surface area contributed by atoms with Gasteiger partial charge in [0.05, 0.1) is 0 Å². The Morgan fingerprint density at radius 2 is 1.65 bits per heavy atom. The molecule has 1 aromatic rings. The summed E-state index contributed by atoms with van der Waals surface area (Å²) in [7, 11) is 0. The standard InChI is InChI=1S/C18H26O5/c1-12(2)13(3)18(22,15(19)20)16(21)23-17(4,5)11-14-9-7-6-8-10-14/h6-10,12-13,22H,11H2,1-5H3,(H,19,20)/t13?,18-/m0/s1. The van der Waals surface area contributed by atoms with E-state index in [2.05, 4.69) is 0 Å². The quantitative estimate of drug-likeness (QED) is 0.595. The van der Waals surface area contributed by atoms with Crippen molar-refractivity contribution in [3.8, 4) is 0 Å². The Morgan fingerprint density at radius 1 is 1.13 bits per heavy atom. The first-order valence-electron chi connectivity index (χ1n) is 7.74. The minimum absolute atomic E-state index is 0.194. The van der Waals surface area contributed by atoms with E-state index < -0.39 is 29.1 Å². The number of rotatable bonds is 7. The third kappa shape index (κ3) is 4.55. The Kier molecular flexibility index (Phi) is 5.94. The number of aliphatic hydroxyl groups is 1. The molecule has 0 spiro atoms. The Labute approximate surface area is 137 Å². The summed E-state index contributed by atoms with van der Waals surface area (Å²) in [5.74, 6) is -3.67. The Bertz CT molecular complexity index is 550. The predicted octanol–water partition coefficient (Wildman–Crippen LogP) is 2.66. The fraction of sp³-hybridized carbons (Fsp3) is 0.556. The van der Waals surface area contributed by atoms with Crippen LogP contribution in [0.4, 0.5) is 0 Å². The van der Waals surface area contributed by atoms with Crippen LogP contribution < -0.4 is 0 Å². The van der Waals surface area contributed by atoms with Gasteiger partial charge >= 0.3 is 11.9 Å². The van der Waals surface area contributed by atoms with Gasteiger partial charge in [-0.2, -0.15) is 0 Å². The average Bonchev–Trinajstić information content (AvgIpc) is 2.44. The number of benzene rings is 1. The second-order valence-electron chi connectivity index (χ2n) is 6.92. The number of hydrogen-bond donors (Lipinski definition) is 2. The van der Waals surface area contributed by atoms with Crippen LogP contribution in [0, 0.1) is 11.8 Å². The molecule has 0 heterocycles. The molecular formula is C18H26O5. The molecule has 23 heavy (non-hydrogen) atoms. The van der Waals surface area contributed by atoms with Gasteiger partial charge in [-0.15, -0.1) is 0 Å². The second kappa shape index (κ2) is 7.13. The molecule has 0 bridgehead atoms. The van der Waals surface area contributed by atoms with E-state index in [1.807, 2.05) is 30.3 Å². The van der Waals surface area contributed by atoms with Gasteiger partial charge in [0, 0.05) is 12.3 Å². The highest BCUT2D eigenvalue weighted by atomic mass is 16.6. The van der Waals surface area contributed by atoms with Gasteiger partial charge in [-0.25, -0.2) is 9.59 Å². The maximum atomic E-state index is 12.4. The van der Waals surface area contributed by atoms with Gasteiger partial charge in [0.1, 0.15) is 5.60 Å². The third-order valence-electron chi connectivity index (χ3n) is 4.14. The number of carboxylic acids is 1. The fourth-order valence-electron chi connectivity index (χ4n) is 2.40. The van der Waals surface area contributed by atoms with Gasteiger partial charge in [-0.3, -0.25) is 0 Å². The van der Waals surface area contributed by atoms with Crippen molar-refractivity contribution >= 4 is 11.9 Å². The monoisotopic (exact) mass is 322 g/mol. The molecule has 0 aliphatic rings. The molecule has 1 aromatic carbocycles. The second-order valence-corrected chi connectivity index (χ2v) is 6.92. The fourth-order valence-corrected chi connectivity index (χ4v) is 2.40. The van der Waals surface area contributed by atoms with Gasteiger partial charge in [0.2, 0.25) is 0 Å². The van der Waals surface area contributed by atoms with Crippen LogP contribution in [0.3, 0.4) is 0 Å². The Balaban J connectivity index is 2.96. The molecular weight excluding hydrogens is 296 g/mol.